The topological polar surface area (TPSA) is 134 Å². The Kier molecular flexibility index (Phi) is 14.7. The third-order valence-corrected chi connectivity index (χ3v) is 11.6. The van der Waals surface area contributed by atoms with Gasteiger partial charge < -0.3 is 37.9 Å². The molecule has 2 aromatic heterocycles. The lowest BCUT2D eigenvalue weighted by atomic mass is 10.0. The van der Waals surface area contributed by atoms with Crippen LogP contribution in [0, 0.1) is 23.3 Å². The maximum atomic E-state index is 15.0. The fourth-order valence-electron chi connectivity index (χ4n) is 8.26. The smallest absolute Gasteiger partial charge is 0.419 e. The van der Waals surface area contributed by atoms with E-state index < -0.39 is 40.8 Å². The van der Waals surface area contributed by atoms with E-state index in [4.69, 9.17) is 37.9 Å². The number of Topliss-reactive ketones (excluding diaryl/α,β-unsaturated/α-hetero) is 2. The highest BCUT2D eigenvalue weighted by Crippen LogP contribution is 2.50. The van der Waals surface area contributed by atoms with Gasteiger partial charge in [-0.15, -0.1) is 0 Å². The molecule has 0 aliphatic carbocycles. The predicted octanol–water partition coefficient (Wildman–Crippen LogP) is 11.9. The number of carbonyl (C=O) groups excluding carboxylic acids is 2. The van der Waals surface area contributed by atoms with Crippen molar-refractivity contribution in [3.05, 3.63) is 167 Å². The number of methoxy groups -OCH3 is 2. The van der Waals surface area contributed by atoms with Gasteiger partial charge in [-0.2, -0.15) is 13.2 Å². The third-order valence-electron chi connectivity index (χ3n) is 11.6. The van der Waals surface area contributed by atoms with Crippen molar-refractivity contribution >= 4 is 33.4 Å². The Morgan fingerprint density at radius 3 is 1.57 bits per heavy atom. The first-order valence-corrected chi connectivity index (χ1v) is 22.7. The van der Waals surface area contributed by atoms with Crippen molar-refractivity contribution in [1.82, 2.24) is 9.97 Å². The van der Waals surface area contributed by atoms with Gasteiger partial charge in [-0.05, 0) is 76.9 Å². The van der Waals surface area contributed by atoms with Gasteiger partial charge in [0.15, 0.2) is 34.6 Å². The number of ether oxygens (including phenoxy) is 8. The first-order valence-electron chi connectivity index (χ1n) is 22.7. The molecule has 0 fully saturated rings. The fourth-order valence-corrected chi connectivity index (χ4v) is 8.26. The maximum absolute atomic E-state index is 15.0. The minimum absolute atomic E-state index is 0.00452. The standard InChI is InChI=1S/C28H20F5NO5.C27H21F2NO5/c1-36-24-14-21-25(27-26(24)37-8-9-38-27)23(6-7-34-21)39-22-5-3-16(13-20(22)30)11-17(35)10-15-2-4-19(29)18(12-15)28(31,32)33;1-32-24-15-22-25(27-26(24)33-10-11-34-27)23(8-9-30-22)35-20-6-2-16(3-7-20)12-19(31)13-17-4-5-18(28)14-21(17)29/h2-7,12-14H,8-11H2,1H3;2-9,14-15H,10-13H2,1H3. The summed E-state index contributed by atoms with van der Waals surface area (Å²) in [6.07, 6.45) is -2.37. The highest BCUT2D eigenvalue weighted by atomic mass is 19.4. The Bertz CT molecular complexity index is 3430. The lowest BCUT2D eigenvalue weighted by Crippen LogP contribution is -2.16. The number of rotatable bonds is 14. The van der Waals surface area contributed by atoms with Crippen LogP contribution in [0.15, 0.2) is 116 Å². The molecule has 8 aromatic rings. The number of benzene rings is 6. The van der Waals surface area contributed by atoms with Crippen molar-refractivity contribution in [2.45, 2.75) is 31.9 Å². The number of hydrogen-bond acceptors (Lipinski definition) is 12. The second-order valence-corrected chi connectivity index (χ2v) is 16.7. The maximum Gasteiger partial charge on any atom is 0.419 e. The predicted molar refractivity (Wildman–Crippen MR) is 254 cm³/mol. The average Bonchev–Trinajstić information content (AvgIpc) is 3.38. The Balaban J connectivity index is 0.000000183. The average molecular weight is 1020 g/mol. The van der Waals surface area contributed by atoms with Gasteiger partial charge in [0.2, 0.25) is 11.5 Å². The second kappa shape index (κ2) is 21.6. The largest absolute Gasteiger partial charge is 0.493 e. The molecule has 19 heteroatoms. The molecule has 10 rings (SSSR count). The molecule has 0 saturated carbocycles. The van der Waals surface area contributed by atoms with Crippen LogP contribution < -0.4 is 37.9 Å². The van der Waals surface area contributed by atoms with Crippen LogP contribution in [0.1, 0.15) is 27.8 Å². The van der Waals surface area contributed by atoms with Crippen LogP contribution in [0.3, 0.4) is 0 Å². The summed E-state index contributed by atoms with van der Waals surface area (Å²) >= 11 is 0. The minimum atomic E-state index is -4.88. The molecule has 6 aromatic carbocycles. The number of fused-ring (bicyclic) bond motifs is 6. The molecule has 0 radical (unpaired) electrons. The fraction of sp³-hybridized carbons (Fsp3) is 0.200. The first-order chi connectivity index (χ1) is 35.6. The molecule has 0 N–H and O–H groups in total. The van der Waals surface area contributed by atoms with Crippen LogP contribution in [-0.2, 0) is 41.4 Å². The summed E-state index contributed by atoms with van der Waals surface area (Å²) < 4.78 is 140. The molecule has 0 amide bonds. The highest BCUT2D eigenvalue weighted by Gasteiger charge is 2.34. The molecule has 380 valence electrons. The number of nitrogens with zero attached hydrogens (tertiary/aromatic N) is 2. The first kappa shape index (κ1) is 50.3. The third kappa shape index (κ3) is 11.2. The van der Waals surface area contributed by atoms with Gasteiger partial charge in [0, 0.05) is 56.3 Å². The minimum Gasteiger partial charge on any atom is -0.493 e. The molecule has 0 saturated heterocycles. The second-order valence-electron chi connectivity index (χ2n) is 16.7. The van der Waals surface area contributed by atoms with E-state index in [9.17, 15) is 35.9 Å². The van der Waals surface area contributed by atoms with Gasteiger partial charge in [-0.1, -0.05) is 30.3 Å². The molecule has 74 heavy (non-hydrogen) atoms. The molecule has 12 nitrogen and oxygen atoms in total. The Morgan fingerprint density at radius 1 is 0.500 bits per heavy atom. The van der Waals surface area contributed by atoms with E-state index in [-0.39, 0.29) is 60.7 Å². The molecular weight excluding hydrogens is 982 g/mol. The number of carbonyl (C=O) groups is 2. The van der Waals surface area contributed by atoms with Gasteiger partial charge in [0.25, 0.3) is 0 Å². The molecule has 0 spiro atoms. The number of halogens is 7. The molecule has 0 atom stereocenters. The van der Waals surface area contributed by atoms with Crippen LogP contribution in [0.5, 0.6) is 57.5 Å². The summed E-state index contributed by atoms with van der Waals surface area (Å²) in [5.74, 6) is -0.278. The summed E-state index contributed by atoms with van der Waals surface area (Å²) in [6.45, 7) is 1.42. The Morgan fingerprint density at radius 2 is 1.01 bits per heavy atom. The molecule has 2 aliphatic rings. The van der Waals surface area contributed by atoms with Crippen molar-refractivity contribution in [3.63, 3.8) is 0 Å². The Labute approximate surface area is 417 Å². The van der Waals surface area contributed by atoms with Crippen LogP contribution in [0.25, 0.3) is 21.8 Å². The van der Waals surface area contributed by atoms with Gasteiger partial charge in [-0.25, -0.2) is 17.6 Å². The van der Waals surface area contributed by atoms with Crippen LogP contribution >= 0.6 is 0 Å². The highest BCUT2D eigenvalue weighted by molar-refractivity contribution is 5.96. The quantitative estimate of drug-likeness (QED) is 0.0960. The van der Waals surface area contributed by atoms with Crippen LogP contribution in [-0.4, -0.2) is 62.2 Å². The van der Waals surface area contributed by atoms with Gasteiger partial charge >= 0.3 is 6.18 Å². The number of hydrogen-bond donors (Lipinski definition) is 0. The van der Waals surface area contributed by atoms with Crippen molar-refractivity contribution < 1.29 is 78.2 Å². The van der Waals surface area contributed by atoms with Gasteiger partial charge in [-0.3, -0.25) is 19.6 Å². The zero-order chi connectivity index (χ0) is 52.1. The van der Waals surface area contributed by atoms with Crippen molar-refractivity contribution in [2.75, 3.05) is 40.6 Å². The van der Waals surface area contributed by atoms with E-state index in [1.165, 1.54) is 31.5 Å². The van der Waals surface area contributed by atoms with Gasteiger partial charge in [0.1, 0.15) is 72.7 Å². The lowest BCUT2D eigenvalue weighted by Gasteiger charge is -2.23. The summed E-state index contributed by atoms with van der Waals surface area (Å²) in [5, 5.41) is 1.13. The molecular formula is C55H41F7N2O10. The van der Waals surface area contributed by atoms with Crippen molar-refractivity contribution in [1.29, 1.82) is 0 Å². The van der Waals surface area contributed by atoms with E-state index in [2.05, 4.69) is 9.97 Å². The molecule has 4 heterocycles. The normalized spacial score (nSPS) is 12.7. The number of alkyl halides is 3. The van der Waals surface area contributed by atoms with E-state index >= 15 is 4.39 Å². The molecule has 2 aliphatic heterocycles. The van der Waals surface area contributed by atoms with Crippen LogP contribution in [0.2, 0.25) is 0 Å². The molecule has 0 bridgehead atoms. The van der Waals surface area contributed by atoms with E-state index in [0.29, 0.717) is 105 Å². The lowest BCUT2D eigenvalue weighted by molar-refractivity contribution is -0.140. The number of ketones is 2. The zero-order valence-electron chi connectivity index (χ0n) is 39.2. The SMILES string of the molecule is COc1cc2nccc(Oc3ccc(CC(=O)Cc4ccc(F)c(C(F)(F)F)c4)cc3F)c2c2c1OCCO2.COc1cc2nccc(Oc3ccc(CC(=O)Cc4ccc(F)cc4F)cc3)c2c2c1OCCO2. The van der Waals surface area contributed by atoms with E-state index in [0.717, 1.165) is 29.8 Å². The Hall–Kier alpha value is -8.61. The number of aromatic nitrogens is 2. The van der Waals surface area contributed by atoms with Gasteiger partial charge in [0.05, 0.1) is 41.6 Å². The van der Waals surface area contributed by atoms with Crippen molar-refractivity contribution in [3.8, 4) is 57.5 Å². The van der Waals surface area contributed by atoms with E-state index in [1.807, 2.05) is 0 Å². The van der Waals surface area contributed by atoms with Crippen LogP contribution in [0.4, 0.5) is 30.7 Å². The molecule has 0 unspecified atom stereocenters. The zero-order valence-corrected chi connectivity index (χ0v) is 39.2. The number of pyridine rings is 2. The summed E-state index contributed by atoms with van der Waals surface area (Å²) in [7, 11) is 3.04. The van der Waals surface area contributed by atoms with Crippen molar-refractivity contribution in [2.24, 2.45) is 0 Å². The summed E-state index contributed by atoms with van der Waals surface area (Å²) in [4.78, 5) is 33.6. The monoisotopic (exact) mass is 1020 g/mol. The van der Waals surface area contributed by atoms with E-state index in [1.54, 1.807) is 61.8 Å². The summed E-state index contributed by atoms with van der Waals surface area (Å²) in [5.41, 5.74) is 0.895. The summed E-state index contributed by atoms with van der Waals surface area (Å²) in [6, 6.07) is 23.3.